The minimum absolute atomic E-state index is 0.345. The quantitative estimate of drug-likeness (QED) is 0.407. The molecule has 0 amide bonds. The summed E-state index contributed by atoms with van der Waals surface area (Å²) < 4.78 is 1.67. The smallest absolute Gasteiger partial charge is 0.223 e. The van der Waals surface area contributed by atoms with Gasteiger partial charge in [0.05, 0.1) is 18.0 Å². The SMILES string of the molecule is O=c1cc(C(O)Cc2ccccc2)n(-c2cccc(-c3cncc4ccccc34)c2)cc1O. The molecule has 3 aromatic carbocycles. The molecule has 0 saturated carbocycles. The summed E-state index contributed by atoms with van der Waals surface area (Å²) in [5, 5.41) is 23.3. The Hall–Kier alpha value is -4.22. The minimum atomic E-state index is -0.927. The monoisotopic (exact) mass is 434 g/mol. The van der Waals surface area contributed by atoms with Crippen LogP contribution in [0.15, 0.2) is 108 Å². The molecule has 5 rings (SSSR count). The Bertz CT molecular complexity index is 1490. The Kier molecular flexibility index (Phi) is 5.47. The molecule has 0 aliphatic heterocycles. The van der Waals surface area contributed by atoms with E-state index >= 15 is 0 Å². The number of aromatic hydroxyl groups is 1. The van der Waals surface area contributed by atoms with Gasteiger partial charge in [0.25, 0.3) is 0 Å². The standard InChI is InChI=1S/C28H22N2O3/c31-26(13-19-7-2-1-3-8-19)25-15-27(32)28(33)18-30(25)22-11-6-10-20(14-22)24-17-29-16-21-9-4-5-12-23(21)24/h1-12,14-18,26,31,33H,13H2. The summed E-state index contributed by atoms with van der Waals surface area (Å²) in [4.78, 5) is 16.6. The van der Waals surface area contributed by atoms with Crippen molar-refractivity contribution in [3.8, 4) is 22.6 Å². The van der Waals surface area contributed by atoms with Crippen LogP contribution in [0.5, 0.6) is 5.75 Å². The first-order valence-electron chi connectivity index (χ1n) is 10.7. The molecule has 2 heterocycles. The Morgan fingerprint density at radius 2 is 1.67 bits per heavy atom. The molecule has 0 spiro atoms. The topological polar surface area (TPSA) is 75.3 Å². The van der Waals surface area contributed by atoms with Gasteiger partial charge in [-0.1, -0.05) is 66.7 Å². The first-order valence-corrected chi connectivity index (χ1v) is 10.7. The van der Waals surface area contributed by atoms with E-state index in [1.165, 1.54) is 12.3 Å². The molecule has 1 unspecified atom stereocenters. The fourth-order valence-electron chi connectivity index (χ4n) is 4.13. The van der Waals surface area contributed by atoms with E-state index in [-0.39, 0.29) is 5.75 Å². The molecule has 0 fully saturated rings. The number of aromatic nitrogens is 2. The van der Waals surface area contributed by atoms with Crippen LogP contribution in [0.3, 0.4) is 0 Å². The number of hydrogen-bond donors (Lipinski definition) is 2. The molecule has 0 saturated heterocycles. The normalized spacial score (nSPS) is 12.0. The van der Waals surface area contributed by atoms with Crippen LogP contribution in [0.1, 0.15) is 17.4 Å². The molecule has 5 heteroatoms. The Morgan fingerprint density at radius 1 is 0.879 bits per heavy atom. The van der Waals surface area contributed by atoms with Gasteiger partial charge in [-0.25, -0.2) is 0 Å². The zero-order valence-corrected chi connectivity index (χ0v) is 17.8. The molecular formula is C28H22N2O3. The molecule has 5 nitrogen and oxygen atoms in total. The van der Waals surface area contributed by atoms with Gasteiger partial charge in [0.15, 0.2) is 5.75 Å². The Morgan fingerprint density at radius 3 is 2.52 bits per heavy atom. The van der Waals surface area contributed by atoms with E-state index in [0.717, 1.165) is 33.2 Å². The van der Waals surface area contributed by atoms with Gasteiger partial charge in [-0.05, 0) is 28.6 Å². The molecule has 2 N–H and O–H groups in total. The van der Waals surface area contributed by atoms with Gasteiger partial charge >= 0.3 is 0 Å². The first kappa shape index (κ1) is 20.7. The highest BCUT2D eigenvalue weighted by atomic mass is 16.3. The van der Waals surface area contributed by atoms with Gasteiger partial charge in [0.2, 0.25) is 5.43 Å². The Balaban J connectivity index is 1.61. The largest absolute Gasteiger partial charge is 0.503 e. The molecule has 0 aliphatic rings. The van der Waals surface area contributed by atoms with Crippen LogP contribution in [0, 0.1) is 0 Å². The lowest BCUT2D eigenvalue weighted by Crippen LogP contribution is -2.16. The van der Waals surface area contributed by atoms with Crippen molar-refractivity contribution in [3.05, 3.63) is 125 Å². The van der Waals surface area contributed by atoms with Crippen LogP contribution in [-0.2, 0) is 6.42 Å². The van der Waals surface area contributed by atoms with E-state index in [1.54, 1.807) is 4.57 Å². The predicted octanol–water partition coefficient (Wildman–Crippen LogP) is 5.03. The third kappa shape index (κ3) is 4.14. The van der Waals surface area contributed by atoms with Crippen molar-refractivity contribution in [2.24, 2.45) is 0 Å². The van der Waals surface area contributed by atoms with Gasteiger partial charge in [0, 0.05) is 41.5 Å². The summed E-state index contributed by atoms with van der Waals surface area (Å²) in [5.74, 6) is -0.372. The number of rotatable bonds is 5. The molecule has 1 atom stereocenters. The number of fused-ring (bicyclic) bond motifs is 1. The van der Waals surface area contributed by atoms with Crippen LogP contribution in [0.25, 0.3) is 27.6 Å². The summed E-state index contributed by atoms with van der Waals surface area (Å²) in [6, 6.07) is 26.7. The van der Waals surface area contributed by atoms with E-state index in [9.17, 15) is 15.0 Å². The van der Waals surface area contributed by atoms with E-state index in [0.29, 0.717) is 12.1 Å². The van der Waals surface area contributed by atoms with Crippen molar-refractivity contribution in [3.63, 3.8) is 0 Å². The number of pyridine rings is 2. The third-order valence-electron chi connectivity index (χ3n) is 5.78. The average Bonchev–Trinajstić information content (AvgIpc) is 2.85. The molecule has 33 heavy (non-hydrogen) atoms. The summed E-state index contributed by atoms with van der Waals surface area (Å²) in [6.45, 7) is 0. The lowest BCUT2D eigenvalue weighted by Gasteiger charge is -2.19. The molecule has 0 radical (unpaired) electrons. The molecule has 162 valence electrons. The lowest BCUT2D eigenvalue weighted by atomic mass is 10.00. The van der Waals surface area contributed by atoms with E-state index in [4.69, 9.17) is 0 Å². The maximum atomic E-state index is 12.2. The predicted molar refractivity (Wildman–Crippen MR) is 130 cm³/mol. The van der Waals surface area contributed by atoms with Crippen molar-refractivity contribution in [1.29, 1.82) is 0 Å². The van der Waals surface area contributed by atoms with Crippen LogP contribution in [0.2, 0.25) is 0 Å². The second-order valence-electron chi connectivity index (χ2n) is 7.98. The highest BCUT2D eigenvalue weighted by molar-refractivity contribution is 5.95. The minimum Gasteiger partial charge on any atom is -0.503 e. The molecule has 2 aromatic heterocycles. The Labute approximate surface area is 190 Å². The number of nitrogens with zero attached hydrogens (tertiary/aromatic N) is 2. The highest BCUT2D eigenvalue weighted by Crippen LogP contribution is 2.30. The van der Waals surface area contributed by atoms with Gasteiger partial charge in [0.1, 0.15) is 0 Å². The van der Waals surface area contributed by atoms with Gasteiger partial charge in [-0.15, -0.1) is 0 Å². The summed E-state index contributed by atoms with van der Waals surface area (Å²) in [7, 11) is 0. The summed E-state index contributed by atoms with van der Waals surface area (Å²) >= 11 is 0. The fraction of sp³-hybridized carbons (Fsp3) is 0.0714. The number of hydrogen-bond acceptors (Lipinski definition) is 4. The van der Waals surface area contributed by atoms with Crippen LogP contribution >= 0.6 is 0 Å². The molecule has 0 bridgehead atoms. The zero-order valence-electron chi connectivity index (χ0n) is 17.8. The van der Waals surface area contributed by atoms with Gasteiger partial charge in [-0.2, -0.15) is 0 Å². The first-order chi connectivity index (χ1) is 16.1. The van der Waals surface area contributed by atoms with Crippen LogP contribution in [-0.4, -0.2) is 19.8 Å². The molecule has 5 aromatic rings. The number of benzene rings is 3. The van der Waals surface area contributed by atoms with Crippen molar-refractivity contribution in [2.45, 2.75) is 12.5 Å². The fourth-order valence-corrected chi connectivity index (χ4v) is 4.13. The molecule has 0 aliphatic carbocycles. The second-order valence-corrected chi connectivity index (χ2v) is 7.98. The molecular weight excluding hydrogens is 412 g/mol. The zero-order chi connectivity index (χ0) is 22.8. The van der Waals surface area contributed by atoms with Crippen molar-refractivity contribution in [2.75, 3.05) is 0 Å². The van der Waals surface area contributed by atoms with Crippen LogP contribution < -0.4 is 5.43 Å². The van der Waals surface area contributed by atoms with E-state index in [2.05, 4.69) is 11.1 Å². The highest BCUT2D eigenvalue weighted by Gasteiger charge is 2.17. The van der Waals surface area contributed by atoms with Gasteiger partial charge in [-0.3, -0.25) is 9.78 Å². The van der Waals surface area contributed by atoms with Crippen LogP contribution in [0.4, 0.5) is 0 Å². The maximum Gasteiger partial charge on any atom is 0.223 e. The average molecular weight is 434 g/mol. The van der Waals surface area contributed by atoms with E-state index in [1.807, 2.05) is 85.2 Å². The summed E-state index contributed by atoms with van der Waals surface area (Å²) in [6.07, 6.45) is 4.45. The van der Waals surface area contributed by atoms with Crippen molar-refractivity contribution >= 4 is 10.8 Å². The van der Waals surface area contributed by atoms with Crippen molar-refractivity contribution in [1.82, 2.24) is 9.55 Å². The number of aliphatic hydroxyl groups excluding tert-OH is 1. The van der Waals surface area contributed by atoms with E-state index < -0.39 is 11.5 Å². The number of aliphatic hydroxyl groups is 1. The van der Waals surface area contributed by atoms with Crippen molar-refractivity contribution < 1.29 is 10.2 Å². The van der Waals surface area contributed by atoms with Gasteiger partial charge < -0.3 is 14.8 Å². The second kappa shape index (κ2) is 8.73. The maximum absolute atomic E-state index is 12.2. The third-order valence-corrected chi connectivity index (χ3v) is 5.78. The summed E-state index contributed by atoms with van der Waals surface area (Å²) in [5.41, 5.74) is 3.48. The lowest BCUT2D eigenvalue weighted by molar-refractivity contribution is 0.170.